The molecule has 0 bridgehead atoms. The van der Waals surface area contributed by atoms with Crippen LogP contribution in [-0.4, -0.2) is 40.1 Å². The molecule has 23 heavy (non-hydrogen) atoms. The van der Waals surface area contributed by atoms with Gasteiger partial charge in [-0.15, -0.1) is 0 Å². The average molecular weight is 357 g/mol. The van der Waals surface area contributed by atoms with Gasteiger partial charge in [-0.25, -0.2) is 0 Å². The topological polar surface area (TPSA) is 99.6 Å². The zero-order chi connectivity index (χ0) is 18.4. The summed E-state index contributed by atoms with van der Waals surface area (Å²) in [6.07, 6.45) is 10.9. The maximum Gasteiger partial charge on any atom is 0.201 e. The fourth-order valence-corrected chi connectivity index (χ4v) is 1.68. The molecule has 0 saturated carbocycles. The molecule has 0 radical (unpaired) electrons. The van der Waals surface area contributed by atoms with Crippen LogP contribution in [0.2, 0.25) is 0 Å². The van der Waals surface area contributed by atoms with Crippen molar-refractivity contribution in [2.24, 2.45) is 0 Å². The van der Waals surface area contributed by atoms with Gasteiger partial charge in [-0.2, -0.15) is 0 Å². The second kappa shape index (κ2) is 24.2. The molecule has 0 heterocycles. The van der Waals surface area contributed by atoms with Gasteiger partial charge in [0.2, 0.25) is 9.14 Å². The van der Waals surface area contributed by atoms with Crippen molar-refractivity contribution in [3.8, 4) is 0 Å². The normalized spacial score (nSPS) is 10.4. The minimum atomic E-state index is -5.61. The Hall–Kier alpha value is -0.0531. The lowest BCUT2D eigenvalue weighted by atomic mass is 10.3. The Morgan fingerprint density at radius 3 is 1.00 bits per heavy atom. The van der Waals surface area contributed by atoms with Crippen LogP contribution in [0.15, 0.2) is 0 Å². The lowest BCUT2D eigenvalue weighted by Gasteiger charge is -2.26. The molecule has 0 spiro atoms. The van der Waals surface area contributed by atoms with Gasteiger partial charge in [-0.3, -0.25) is 0 Å². The molecule has 0 aromatic heterocycles. The maximum absolute atomic E-state index is 10.3. The average Bonchev–Trinajstić information content (AvgIpc) is 2.46. The van der Waals surface area contributed by atoms with Gasteiger partial charge in [0.1, 0.15) is 0 Å². The monoisotopic (exact) mass is 356 g/mol. The van der Waals surface area contributed by atoms with E-state index < -0.39 is 9.14 Å². The highest BCUT2D eigenvalue weighted by molar-refractivity contribution is 6.43. The largest absolute Gasteiger partial charge is 0.825 e. The molecule has 5 nitrogen and oxygen atoms in total. The molecule has 7 heteroatoms. The van der Waals surface area contributed by atoms with Gasteiger partial charge in [0, 0.05) is 0 Å². The van der Waals surface area contributed by atoms with E-state index in [2.05, 4.69) is 38.3 Å². The summed E-state index contributed by atoms with van der Waals surface area (Å²) in [4.78, 5) is 24.0. The molecule has 0 atom stereocenters. The molecule has 0 aromatic rings. The van der Waals surface area contributed by atoms with Crippen LogP contribution in [0.25, 0.3) is 0 Å². The molecular formula is C16H41FN2O3Si. The zero-order valence-corrected chi connectivity index (χ0v) is 16.8. The summed E-state index contributed by atoms with van der Waals surface area (Å²) in [5.74, 6) is 0. The van der Waals surface area contributed by atoms with Gasteiger partial charge in [-0.1, -0.05) is 53.4 Å². The van der Waals surface area contributed by atoms with Gasteiger partial charge in [-0.05, 0) is 25.7 Å². The van der Waals surface area contributed by atoms with Crippen LogP contribution in [0.4, 0.5) is 4.11 Å². The molecule has 0 rings (SSSR count). The van der Waals surface area contributed by atoms with Crippen LogP contribution in [0.1, 0.15) is 79.1 Å². The molecule has 0 fully saturated rings. The fourth-order valence-electron chi connectivity index (χ4n) is 1.68. The number of halogens is 1. The third-order valence-corrected chi connectivity index (χ3v) is 3.05. The van der Waals surface area contributed by atoms with Crippen molar-refractivity contribution in [3.05, 3.63) is 0 Å². The standard InChI is InChI=1S/2C8H19N.FHO3Si/c2*1-3-5-7-9-8-6-4-2;1-5(2,3)4/h2*9H,3-8H2,1-2H3;2H/q;;-2/p+2. The molecule has 0 amide bonds. The summed E-state index contributed by atoms with van der Waals surface area (Å²) < 4.78 is 10.3. The van der Waals surface area contributed by atoms with Crippen molar-refractivity contribution in [3.63, 3.8) is 0 Å². The van der Waals surface area contributed by atoms with Crippen LogP contribution in [0.3, 0.4) is 0 Å². The number of hydrogen-bond donors (Lipinski definition) is 3. The van der Waals surface area contributed by atoms with Crippen LogP contribution in [0.5, 0.6) is 0 Å². The Kier molecular flexibility index (Phi) is 29.2. The zero-order valence-electron chi connectivity index (χ0n) is 15.8. The number of nitrogens with two attached hydrogens (primary N) is 2. The van der Waals surface area contributed by atoms with E-state index in [1.807, 2.05) is 0 Å². The van der Waals surface area contributed by atoms with E-state index in [9.17, 15) is 4.11 Å². The van der Waals surface area contributed by atoms with Gasteiger partial charge in [0.15, 0.2) is 0 Å². The summed E-state index contributed by atoms with van der Waals surface area (Å²) in [5.41, 5.74) is 0. The third kappa shape index (κ3) is 61.2. The second-order valence-electron chi connectivity index (χ2n) is 5.65. The van der Waals surface area contributed by atoms with E-state index in [0.29, 0.717) is 0 Å². The van der Waals surface area contributed by atoms with Gasteiger partial charge in [0.05, 0.1) is 26.2 Å². The molecule has 0 aromatic carbocycles. The lowest BCUT2D eigenvalue weighted by molar-refractivity contribution is -0.655. The van der Waals surface area contributed by atoms with Gasteiger partial charge < -0.3 is 29.1 Å². The molecule has 0 aliphatic carbocycles. The highest BCUT2D eigenvalue weighted by Crippen LogP contribution is 1.81. The predicted octanol–water partition coefficient (Wildman–Crippen LogP) is -0.596. The van der Waals surface area contributed by atoms with Crippen LogP contribution in [0, 0.1) is 0 Å². The molecule has 144 valence electrons. The SMILES string of the molecule is CCCC[NH2+]CCCC.CCCC[NH2+]CCCC.[O-][Si]([O-])(O)F. The fraction of sp³-hybridized carbons (Fsp3) is 1.00. The molecular weight excluding hydrogens is 315 g/mol. The summed E-state index contributed by atoms with van der Waals surface area (Å²) in [6, 6.07) is 0. The Bertz CT molecular complexity index is 165. The first-order valence-electron chi connectivity index (χ1n) is 9.28. The highest BCUT2D eigenvalue weighted by atomic mass is 28.4. The van der Waals surface area contributed by atoms with Crippen LogP contribution >= 0.6 is 0 Å². The Morgan fingerprint density at radius 2 is 0.870 bits per heavy atom. The molecule has 0 aliphatic heterocycles. The number of unbranched alkanes of at least 4 members (excludes halogenated alkanes) is 4. The highest BCUT2D eigenvalue weighted by Gasteiger charge is 1.87. The minimum Gasteiger partial charge on any atom is -0.825 e. The Labute approximate surface area is 144 Å². The first kappa shape index (κ1) is 27.8. The Balaban J connectivity index is -0.000000273. The third-order valence-electron chi connectivity index (χ3n) is 3.05. The number of rotatable bonds is 12. The van der Waals surface area contributed by atoms with E-state index in [0.717, 1.165) is 0 Å². The molecule has 0 aliphatic rings. The molecule has 5 N–H and O–H groups in total. The van der Waals surface area contributed by atoms with Crippen molar-refractivity contribution in [2.75, 3.05) is 26.2 Å². The van der Waals surface area contributed by atoms with Gasteiger partial charge in [0.25, 0.3) is 0 Å². The van der Waals surface area contributed by atoms with Gasteiger partial charge >= 0.3 is 0 Å². The van der Waals surface area contributed by atoms with Crippen molar-refractivity contribution in [1.82, 2.24) is 0 Å². The number of quaternary nitrogens is 2. The summed E-state index contributed by atoms with van der Waals surface area (Å²) >= 11 is 0. The summed E-state index contributed by atoms with van der Waals surface area (Å²) in [7, 11) is -5.61. The first-order valence-corrected chi connectivity index (χ1v) is 10.9. The van der Waals surface area contributed by atoms with Crippen molar-refractivity contribution >= 4 is 9.14 Å². The lowest BCUT2D eigenvalue weighted by Crippen LogP contribution is -2.84. The quantitative estimate of drug-likeness (QED) is 0.247. The Morgan fingerprint density at radius 1 is 0.696 bits per heavy atom. The van der Waals surface area contributed by atoms with E-state index >= 15 is 0 Å². The smallest absolute Gasteiger partial charge is 0.201 e. The molecule has 0 saturated heterocycles. The molecule has 0 unspecified atom stereocenters. The van der Waals surface area contributed by atoms with E-state index in [1.165, 1.54) is 77.5 Å². The van der Waals surface area contributed by atoms with Crippen LogP contribution in [-0.2, 0) is 0 Å². The second-order valence-corrected chi connectivity index (χ2v) is 6.66. The van der Waals surface area contributed by atoms with Crippen molar-refractivity contribution in [1.29, 1.82) is 0 Å². The van der Waals surface area contributed by atoms with Crippen molar-refractivity contribution in [2.45, 2.75) is 79.1 Å². The first-order chi connectivity index (χ1) is 10.8. The number of hydrogen-bond acceptors (Lipinski definition) is 3. The maximum atomic E-state index is 10.3. The van der Waals surface area contributed by atoms with Crippen molar-refractivity contribution < 1.29 is 29.1 Å². The predicted molar refractivity (Wildman–Crippen MR) is 92.0 cm³/mol. The van der Waals surface area contributed by atoms with E-state index in [4.69, 9.17) is 14.4 Å². The van der Waals surface area contributed by atoms with E-state index in [1.54, 1.807) is 0 Å². The minimum absolute atomic E-state index is 1.33. The summed E-state index contributed by atoms with van der Waals surface area (Å²) in [5, 5.41) is 4.85. The summed E-state index contributed by atoms with van der Waals surface area (Å²) in [6.45, 7) is 14.3. The van der Waals surface area contributed by atoms with E-state index in [-0.39, 0.29) is 0 Å². The van der Waals surface area contributed by atoms with Crippen LogP contribution < -0.4 is 20.2 Å².